The highest BCUT2D eigenvalue weighted by molar-refractivity contribution is 6.00. The average Bonchev–Trinajstić information content (AvgIpc) is 3.19. The third-order valence-corrected chi connectivity index (χ3v) is 3.95. The summed E-state index contributed by atoms with van der Waals surface area (Å²) in [7, 11) is 2.55. The van der Waals surface area contributed by atoms with Crippen molar-refractivity contribution in [2.75, 3.05) is 19.1 Å². The summed E-state index contributed by atoms with van der Waals surface area (Å²) in [6, 6.07) is 11.4. The molecule has 1 aliphatic rings. The van der Waals surface area contributed by atoms with Crippen LogP contribution in [0.25, 0.3) is 6.08 Å². The van der Waals surface area contributed by atoms with Gasteiger partial charge in [0.2, 0.25) is 0 Å². The van der Waals surface area contributed by atoms with Gasteiger partial charge >= 0.3 is 11.9 Å². The Kier molecular flexibility index (Phi) is 4.70. The summed E-state index contributed by atoms with van der Waals surface area (Å²) in [4.78, 5) is 26.0. The summed E-state index contributed by atoms with van der Waals surface area (Å²) >= 11 is 0. The molecule has 1 aromatic heterocycles. The topological polar surface area (TPSA) is 60.8 Å². The van der Waals surface area contributed by atoms with Crippen LogP contribution >= 0.6 is 0 Å². The molecule has 0 spiro atoms. The van der Waals surface area contributed by atoms with Gasteiger partial charge < -0.3 is 18.9 Å². The summed E-state index contributed by atoms with van der Waals surface area (Å²) in [5.74, 6) is -1.24. The summed E-state index contributed by atoms with van der Waals surface area (Å²) in [5.41, 5.74) is 1.83. The standard InChI is InChI=1S/C19H18N2O4/c1-24-18(22)13-16(19(23)25-2)21-15-8-4-3-7-14(15)9-10-17(21)20-11-5-6-12-20/h3-13,17H,1-2H3/b16-13+. The molecule has 0 amide bonds. The Balaban J connectivity index is 2.18. The van der Waals surface area contributed by atoms with E-state index in [9.17, 15) is 9.59 Å². The van der Waals surface area contributed by atoms with Crippen molar-refractivity contribution in [3.8, 4) is 0 Å². The number of nitrogens with zero attached hydrogens (tertiary/aromatic N) is 2. The fourth-order valence-corrected chi connectivity index (χ4v) is 2.80. The minimum atomic E-state index is -0.626. The van der Waals surface area contributed by atoms with Crippen LogP contribution in [0.4, 0.5) is 5.69 Å². The molecule has 1 unspecified atom stereocenters. The number of hydrogen-bond acceptors (Lipinski definition) is 5. The van der Waals surface area contributed by atoms with E-state index in [0.29, 0.717) is 0 Å². The number of anilines is 1. The Hall–Kier alpha value is -3.28. The van der Waals surface area contributed by atoms with Crippen LogP contribution in [0, 0.1) is 0 Å². The molecule has 0 radical (unpaired) electrons. The van der Waals surface area contributed by atoms with Crippen molar-refractivity contribution in [3.63, 3.8) is 0 Å². The van der Waals surface area contributed by atoms with Gasteiger partial charge in [-0.2, -0.15) is 0 Å². The molecular weight excluding hydrogens is 320 g/mol. The molecule has 0 saturated carbocycles. The van der Waals surface area contributed by atoms with E-state index in [4.69, 9.17) is 9.47 Å². The second-order valence-corrected chi connectivity index (χ2v) is 5.38. The maximum atomic E-state index is 12.4. The van der Waals surface area contributed by atoms with Crippen molar-refractivity contribution in [2.45, 2.75) is 6.17 Å². The molecule has 128 valence electrons. The number of aromatic nitrogens is 1. The highest BCUT2D eigenvalue weighted by Gasteiger charge is 2.31. The fourth-order valence-electron chi connectivity index (χ4n) is 2.80. The van der Waals surface area contributed by atoms with E-state index in [-0.39, 0.29) is 11.9 Å². The Labute approximate surface area is 145 Å². The third-order valence-electron chi connectivity index (χ3n) is 3.95. The molecule has 6 heteroatoms. The predicted molar refractivity (Wildman–Crippen MR) is 93.5 cm³/mol. The van der Waals surface area contributed by atoms with E-state index in [1.165, 1.54) is 14.2 Å². The summed E-state index contributed by atoms with van der Waals surface area (Å²) in [5, 5.41) is 0. The molecular formula is C19H18N2O4. The van der Waals surface area contributed by atoms with Crippen LogP contribution in [0.5, 0.6) is 0 Å². The Morgan fingerprint density at radius 3 is 2.44 bits per heavy atom. The lowest BCUT2D eigenvalue weighted by molar-refractivity contribution is -0.138. The molecule has 0 aliphatic carbocycles. The molecule has 0 saturated heterocycles. The van der Waals surface area contributed by atoms with Crippen molar-refractivity contribution < 1.29 is 19.1 Å². The van der Waals surface area contributed by atoms with Crippen molar-refractivity contribution in [3.05, 3.63) is 72.2 Å². The van der Waals surface area contributed by atoms with Gasteiger partial charge in [-0.15, -0.1) is 0 Å². The van der Waals surface area contributed by atoms with Crippen molar-refractivity contribution >= 4 is 23.7 Å². The van der Waals surface area contributed by atoms with Crippen LogP contribution in [-0.2, 0) is 19.1 Å². The predicted octanol–water partition coefficient (Wildman–Crippen LogP) is 2.75. The first-order valence-corrected chi connectivity index (χ1v) is 7.72. The molecule has 6 nitrogen and oxygen atoms in total. The number of fused-ring (bicyclic) bond motifs is 1. The van der Waals surface area contributed by atoms with Gasteiger partial charge in [-0.05, 0) is 29.8 Å². The lowest BCUT2D eigenvalue weighted by Crippen LogP contribution is -2.36. The van der Waals surface area contributed by atoms with Gasteiger partial charge in [0, 0.05) is 12.4 Å². The van der Waals surface area contributed by atoms with E-state index in [2.05, 4.69) is 0 Å². The van der Waals surface area contributed by atoms with Gasteiger partial charge in [0.05, 0.1) is 26.0 Å². The van der Waals surface area contributed by atoms with Crippen molar-refractivity contribution in [2.24, 2.45) is 0 Å². The normalized spacial score (nSPS) is 16.3. The molecule has 2 aromatic rings. The number of carbonyl (C=O) groups is 2. The van der Waals surface area contributed by atoms with Crippen LogP contribution in [-0.4, -0.2) is 30.7 Å². The highest BCUT2D eigenvalue weighted by atomic mass is 16.5. The zero-order valence-electron chi connectivity index (χ0n) is 14.0. The summed E-state index contributed by atoms with van der Waals surface area (Å²) in [6.45, 7) is 0. The number of benzene rings is 1. The first kappa shape index (κ1) is 16.6. The monoisotopic (exact) mass is 338 g/mol. The summed E-state index contributed by atoms with van der Waals surface area (Å²) in [6.07, 6.45) is 8.56. The van der Waals surface area contributed by atoms with Crippen molar-refractivity contribution in [1.82, 2.24) is 4.57 Å². The molecule has 25 heavy (non-hydrogen) atoms. The first-order valence-electron chi connectivity index (χ1n) is 7.72. The highest BCUT2D eigenvalue weighted by Crippen LogP contribution is 2.37. The minimum absolute atomic E-state index is 0.102. The maximum Gasteiger partial charge on any atom is 0.355 e. The number of esters is 2. The van der Waals surface area contributed by atoms with Gasteiger partial charge in [-0.3, -0.25) is 0 Å². The van der Waals surface area contributed by atoms with E-state index >= 15 is 0 Å². The number of para-hydroxylation sites is 1. The quantitative estimate of drug-likeness (QED) is 0.634. The molecule has 1 aromatic carbocycles. The Morgan fingerprint density at radius 1 is 1.04 bits per heavy atom. The summed E-state index contributed by atoms with van der Waals surface area (Å²) < 4.78 is 11.5. The van der Waals surface area contributed by atoms with Gasteiger partial charge in [0.25, 0.3) is 0 Å². The third kappa shape index (κ3) is 3.19. The number of hydrogen-bond donors (Lipinski definition) is 0. The van der Waals surface area contributed by atoms with Crippen molar-refractivity contribution in [1.29, 1.82) is 0 Å². The van der Waals surface area contributed by atoms with E-state index in [1.54, 1.807) is 4.90 Å². The fraction of sp³-hybridized carbons (Fsp3) is 0.158. The molecule has 2 heterocycles. The Morgan fingerprint density at radius 2 is 1.76 bits per heavy atom. The second-order valence-electron chi connectivity index (χ2n) is 5.38. The smallest absolute Gasteiger partial charge is 0.355 e. The first-order chi connectivity index (χ1) is 12.2. The molecule has 0 N–H and O–H groups in total. The van der Waals surface area contributed by atoms with E-state index < -0.39 is 11.9 Å². The molecule has 1 aliphatic heterocycles. The lowest BCUT2D eigenvalue weighted by atomic mass is 10.0. The average molecular weight is 338 g/mol. The van der Waals surface area contributed by atoms with E-state index in [1.807, 2.05) is 65.5 Å². The molecule has 0 fully saturated rings. The molecule has 3 rings (SSSR count). The van der Waals surface area contributed by atoms with Crippen LogP contribution in [0.1, 0.15) is 11.7 Å². The number of carbonyl (C=O) groups excluding carboxylic acids is 2. The van der Waals surface area contributed by atoms with Gasteiger partial charge in [0.15, 0.2) is 0 Å². The zero-order valence-corrected chi connectivity index (χ0v) is 14.0. The van der Waals surface area contributed by atoms with Crippen LogP contribution < -0.4 is 4.90 Å². The van der Waals surface area contributed by atoms with E-state index in [0.717, 1.165) is 17.3 Å². The minimum Gasteiger partial charge on any atom is -0.466 e. The lowest BCUT2D eigenvalue weighted by Gasteiger charge is -2.36. The Bertz CT molecular complexity index is 837. The van der Waals surface area contributed by atoms with Crippen LogP contribution in [0.15, 0.2) is 66.6 Å². The van der Waals surface area contributed by atoms with Gasteiger partial charge in [0.1, 0.15) is 11.9 Å². The van der Waals surface area contributed by atoms with Crippen LogP contribution in [0.3, 0.4) is 0 Å². The number of rotatable bonds is 4. The molecule has 0 bridgehead atoms. The van der Waals surface area contributed by atoms with Gasteiger partial charge in [-0.1, -0.05) is 24.3 Å². The molecule has 1 atom stereocenters. The van der Waals surface area contributed by atoms with Gasteiger partial charge in [-0.25, -0.2) is 9.59 Å². The SMILES string of the molecule is COC(=O)/C=C(\C(=O)OC)N1c2ccccc2C=CC1n1cccc1. The largest absolute Gasteiger partial charge is 0.466 e. The maximum absolute atomic E-state index is 12.4. The zero-order chi connectivity index (χ0) is 17.8. The number of methoxy groups -OCH3 is 2. The van der Waals surface area contributed by atoms with Crippen LogP contribution in [0.2, 0.25) is 0 Å². The second kappa shape index (κ2) is 7.09. The number of ether oxygens (including phenoxy) is 2.